The van der Waals surface area contributed by atoms with E-state index in [1.807, 2.05) is 30.5 Å². The number of hydrogen-bond acceptors (Lipinski definition) is 4. The molecule has 2 aromatic rings. The standard InChI is InChI=1S/C13H18N4/c14-7-3-4-8-15-9-11-10-16-12-5-1-2-6-13(12)17-11/h1-2,5-6,10,15H,3-4,7-9,14H2. The van der Waals surface area contributed by atoms with Gasteiger partial charge in [0.1, 0.15) is 0 Å². The fourth-order valence-electron chi connectivity index (χ4n) is 1.69. The van der Waals surface area contributed by atoms with Gasteiger partial charge in [-0.3, -0.25) is 4.98 Å². The number of nitrogens with two attached hydrogens (primary N) is 1. The molecule has 0 amide bonds. The van der Waals surface area contributed by atoms with Crippen molar-refractivity contribution in [2.24, 2.45) is 5.73 Å². The molecule has 0 saturated carbocycles. The number of unbranched alkanes of at least 4 members (excludes halogenated alkanes) is 1. The van der Waals surface area contributed by atoms with Crippen LogP contribution in [0.1, 0.15) is 18.5 Å². The van der Waals surface area contributed by atoms with E-state index in [9.17, 15) is 0 Å². The smallest absolute Gasteiger partial charge is 0.0890 e. The lowest BCUT2D eigenvalue weighted by Gasteiger charge is -2.04. The number of para-hydroxylation sites is 2. The molecule has 0 bridgehead atoms. The minimum atomic E-state index is 0.761. The molecule has 0 unspecified atom stereocenters. The second kappa shape index (κ2) is 6.27. The Bertz CT molecular complexity index is 470. The predicted molar refractivity (Wildman–Crippen MR) is 69.5 cm³/mol. The zero-order chi connectivity index (χ0) is 11.9. The number of nitrogens with one attached hydrogen (secondary N) is 1. The van der Waals surface area contributed by atoms with Crippen LogP contribution in [-0.2, 0) is 6.54 Å². The molecule has 1 aromatic heterocycles. The monoisotopic (exact) mass is 230 g/mol. The first-order valence-electron chi connectivity index (χ1n) is 6.01. The van der Waals surface area contributed by atoms with Gasteiger partial charge >= 0.3 is 0 Å². The molecule has 0 aliphatic heterocycles. The van der Waals surface area contributed by atoms with E-state index in [0.717, 1.165) is 49.2 Å². The second-order valence-electron chi connectivity index (χ2n) is 4.02. The van der Waals surface area contributed by atoms with E-state index >= 15 is 0 Å². The van der Waals surface area contributed by atoms with Crippen LogP contribution in [0.15, 0.2) is 30.5 Å². The highest BCUT2D eigenvalue weighted by Crippen LogP contribution is 2.08. The number of benzene rings is 1. The molecule has 17 heavy (non-hydrogen) atoms. The van der Waals surface area contributed by atoms with Crippen molar-refractivity contribution in [1.82, 2.24) is 15.3 Å². The Kier molecular flexibility index (Phi) is 4.41. The third-order valence-corrected chi connectivity index (χ3v) is 2.61. The molecule has 0 spiro atoms. The second-order valence-corrected chi connectivity index (χ2v) is 4.02. The summed E-state index contributed by atoms with van der Waals surface area (Å²) >= 11 is 0. The van der Waals surface area contributed by atoms with Gasteiger partial charge in [0.05, 0.1) is 22.9 Å². The highest BCUT2D eigenvalue weighted by atomic mass is 14.9. The first-order valence-corrected chi connectivity index (χ1v) is 6.01. The van der Waals surface area contributed by atoms with Gasteiger partial charge in [0, 0.05) is 6.54 Å². The van der Waals surface area contributed by atoms with Crippen LogP contribution in [0.2, 0.25) is 0 Å². The number of nitrogens with zero attached hydrogens (tertiary/aromatic N) is 2. The van der Waals surface area contributed by atoms with Crippen LogP contribution in [-0.4, -0.2) is 23.1 Å². The van der Waals surface area contributed by atoms with E-state index in [1.165, 1.54) is 0 Å². The minimum Gasteiger partial charge on any atom is -0.330 e. The van der Waals surface area contributed by atoms with Crippen molar-refractivity contribution in [2.45, 2.75) is 19.4 Å². The summed E-state index contributed by atoms with van der Waals surface area (Å²) in [4.78, 5) is 8.92. The van der Waals surface area contributed by atoms with Gasteiger partial charge in [0.2, 0.25) is 0 Å². The van der Waals surface area contributed by atoms with Crippen molar-refractivity contribution in [3.05, 3.63) is 36.2 Å². The van der Waals surface area contributed by atoms with Crippen LogP contribution in [0.3, 0.4) is 0 Å². The first kappa shape index (κ1) is 12.0. The zero-order valence-electron chi connectivity index (χ0n) is 9.89. The Labute approximate surface area is 101 Å². The van der Waals surface area contributed by atoms with E-state index in [-0.39, 0.29) is 0 Å². The molecule has 0 aliphatic rings. The Morgan fingerprint density at radius 3 is 2.76 bits per heavy atom. The topological polar surface area (TPSA) is 63.8 Å². The van der Waals surface area contributed by atoms with Gasteiger partial charge in [-0.1, -0.05) is 12.1 Å². The number of rotatable bonds is 6. The summed E-state index contributed by atoms with van der Waals surface area (Å²) in [6.07, 6.45) is 4.01. The highest BCUT2D eigenvalue weighted by molar-refractivity contribution is 5.73. The summed E-state index contributed by atoms with van der Waals surface area (Å²) in [7, 11) is 0. The Balaban J connectivity index is 1.90. The fourth-order valence-corrected chi connectivity index (χ4v) is 1.69. The Morgan fingerprint density at radius 1 is 1.12 bits per heavy atom. The maximum atomic E-state index is 5.43. The van der Waals surface area contributed by atoms with Gasteiger partial charge in [0.25, 0.3) is 0 Å². The van der Waals surface area contributed by atoms with Crippen LogP contribution in [0.25, 0.3) is 11.0 Å². The van der Waals surface area contributed by atoms with Crippen LogP contribution in [0.5, 0.6) is 0 Å². The van der Waals surface area contributed by atoms with E-state index < -0.39 is 0 Å². The number of hydrogen-bond donors (Lipinski definition) is 2. The fraction of sp³-hybridized carbons (Fsp3) is 0.385. The van der Waals surface area contributed by atoms with Gasteiger partial charge in [-0.2, -0.15) is 0 Å². The maximum Gasteiger partial charge on any atom is 0.0890 e. The molecule has 3 N–H and O–H groups in total. The summed E-state index contributed by atoms with van der Waals surface area (Å²) < 4.78 is 0. The summed E-state index contributed by atoms with van der Waals surface area (Å²) in [6.45, 7) is 2.51. The normalized spacial score (nSPS) is 10.9. The van der Waals surface area contributed by atoms with Crippen molar-refractivity contribution in [2.75, 3.05) is 13.1 Å². The molecule has 4 heteroatoms. The average Bonchev–Trinajstić information content (AvgIpc) is 2.38. The van der Waals surface area contributed by atoms with Crippen LogP contribution < -0.4 is 11.1 Å². The molecule has 0 fully saturated rings. The van der Waals surface area contributed by atoms with Crippen molar-refractivity contribution in [3.63, 3.8) is 0 Å². The molecule has 0 aliphatic carbocycles. The van der Waals surface area contributed by atoms with Crippen LogP contribution in [0.4, 0.5) is 0 Å². The Morgan fingerprint density at radius 2 is 1.94 bits per heavy atom. The van der Waals surface area contributed by atoms with Crippen molar-refractivity contribution in [1.29, 1.82) is 0 Å². The molecule has 2 rings (SSSR count). The van der Waals surface area contributed by atoms with Crippen molar-refractivity contribution < 1.29 is 0 Å². The summed E-state index contributed by atoms with van der Waals surface area (Å²) in [5.41, 5.74) is 8.31. The summed E-state index contributed by atoms with van der Waals surface area (Å²) in [5, 5.41) is 3.34. The SMILES string of the molecule is NCCCCNCc1cnc2ccccc2n1. The zero-order valence-corrected chi connectivity index (χ0v) is 9.89. The molecule has 4 nitrogen and oxygen atoms in total. The quantitative estimate of drug-likeness (QED) is 0.737. The molecule has 0 atom stereocenters. The third kappa shape index (κ3) is 3.47. The summed E-state index contributed by atoms with van der Waals surface area (Å²) in [6, 6.07) is 7.91. The molecule has 0 saturated heterocycles. The predicted octanol–water partition coefficient (Wildman–Crippen LogP) is 1.46. The molecular formula is C13H18N4. The van der Waals surface area contributed by atoms with Gasteiger partial charge < -0.3 is 11.1 Å². The van der Waals surface area contributed by atoms with Crippen molar-refractivity contribution in [3.8, 4) is 0 Å². The largest absolute Gasteiger partial charge is 0.330 e. The van der Waals surface area contributed by atoms with Gasteiger partial charge in [-0.25, -0.2) is 4.98 Å². The lowest BCUT2D eigenvalue weighted by Crippen LogP contribution is -2.16. The molecule has 0 radical (unpaired) electrons. The van der Waals surface area contributed by atoms with E-state index in [0.29, 0.717) is 0 Å². The van der Waals surface area contributed by atoms with E-state index in [2.05, 4.69) is 15.3 Å². The minimum absolute atomic E-state index is 0.761. The molecule has 90 valence electrons. The first-order chi connectivity index (χ1) is 8.40. The number of fused-ring (bicyclic) bond motifs is 1. The third-order valence-electron chi connectivity index (χ3n) is 2.61. The van der Waals surface area contributed by atoms with E-state index in [1.54, 1.807) is 0 Å². The van der Waals surface area contributed by atoms with E-state index in [4.69, 9.17) is 5.73 Å². The highest BCUT2D eigenvalue weighted by Gasteiger charge is 1.98. The lowest BCUT2D eigenvalue weighted by atomic mass is 10.3. The van der Waals surface area contributed by atoms with Crippen LogP contribution in [0, 0.1) is 0 Å². The maximum absolute atomic E-state index is 5.43. The van der Waals surface area contributed by atoms with Crippen molar-refractivity contribution >= 4 is 11.0 Å². The van der Waals surface area contributed by atoms with Gasteiger partial charge in [-0.05, 0) is 38.1 Å². The molecule has 1 heterocycles. The van der Waals surface area contributed by atoms with Gasteiger partial charge in [0.15, 0.2) is 0 Å². The number of aromatic nitrogens is 2. The molecular weight excluding hydrogens is 212 g/mol. The van der Waals surface area contributed by atoms with Crippen LogP contribution >= 0.6 is 0 Å². The molecule has 1 aromatic carbocycles. The van der Waals surface area contributed by atoms with Gasteiger partial charge in [-0.15, -0.1) is 0 Å². The Hall–Kier alpha value is -1.52. The summed E-state index contributed by atoms with van der Waals surface area (Å²) in [5.74, 6) is 0. The average molecular weight is 230 g/mol. The lowest BCUT2D eigenvalue weighted by molar-refractivity contribution is 0.620.